The Morgan fingerprint density at radius 3 is 2.89 bits per heavy atom. The lowest BCUT2D eigenvalue weighted by Crippen LogP contribution is -2.03. The van der Waals surface area contributed by atoms with Crippen molar-refractivity contribution in [2.45, 2.75) is 25.7 Å². The number of carboxylic acid groups (broad SMARTS) is 1. The molecule has 0 saturated carbocycles. The lowest BCUT2D eigenvalue weighted by Gasteiger charge is -2.14. The van der Waals surface area contributed by atoms with Gasteiger partial charge in [0.15, 0.2) is 11.5 Å². The van der Waals surface area contributed by atoms with E-state index >= 15 is 0 Å². The van der Waals surface area contributed by atoms with E-state index < -0.39 is 11.8 Å². The highest BCUT2D eigenvalue weighted by molar-refractivity contribution is 9.10. The highest BCUT2D eigenvalue weighted by atomic mass is 79.9. The first-order valence-corrected chi connectivity index (χ1v) is 6.87. The highest BCUT2D eigenvalue weighted by Gasteiger charge is 2.21. The molecular weight excluding hydrogens is 319 g/mol. The van der Waals surface area contributed by atoms with Crippen LogP contribution in [0.1, 0.15) is 24.8 Å². The van der Waals surface area contributed by atoms with Crippen LogP contribution < -0.4 is 9.47 Å². The van der Waals surface area contributed by atoms with Crippen LogP contribution in [0.2, 0.25) is 0 Å². The highest BCUT2D eigenvalue weighted by Crippen LogP contribution is 2.39. The van der Waals surface area contributed by atoms with Gasteiger partial charge in [-0.05, 0) is 28.8 Å². The third kappa shape index (κ3) is 3.37. The van der Waals surface area contributed by atoms with Crippen LogP contribution in [0.25, 0.3) is 0 Å². The van der Waals surface area contributed by atoms with Gasteiger partial charge in [-0.2, -0.15) is 0 Å². The first-order chi connectivity index (χ1) is 9.09. The van der Waals surface area contributed by atoms with E-state index in [1.54, 1.807) is 6.07 Å². The summed E-state index contributed by atoms with van der Waals surface area (Å²) in [7, 11) is 0. The number of ether oxygens (including phenoxy) is 2. The number of rotatable bonds is 4. The van der Waals surface area contributed by atoms with Crippen LogP contribution in [0.5, 0.6) is 11.5 Å². The average molecular weight is 333 g/mol. The fourth-order valence-electron chi connectivity index (χ4n) is 1.96. The molecule has 0 bridgehead atoms. The first-order valence-electron chi connectivity index (χ1n) is 6.08. The summed E-state index contributed by atoms with van der Waals surface area (Å²) in [5.41, 5.74) is 0.382. The molecule has 0 radical (unpaired) electrons. The fraction of sp³-hybridized carbons (Fsp3) is 0.462. The molecule has 2 rings (SSSR count). The predicted molar refractivity (Wildman–Crippen MR) is 70.3 cm³/mol. The van der Waals surface area contributed by atoms with Crippen LogP contribution in [-0.2, 0) is 11.2 Å². The van der Waals surface area contributed by atoms with Crippen molar-refractivity contribution in [1.29, 1.82) is 0 Å². The van der Waals surface area contributed by atoms with Crippen molar-refractivity contribution in [3.8, 4) is 11.5 Å². The van der Waals surface area contributed by atoms with Crippen LogP contribution in [0.15, 0.2) is 10.5 Å². The van der Waals surface area contributed by atoms with Gasteiger partial charge >= 0.3 is 5.97 Å². The number of hydrogen-bond donors (Lipinski definition) is 1. The first kappa shape index (κ1) is 14.1. The number of halogens is 2. The molecule has 1 aliphatic heterocycles. The molecule has 104 valence electrons. The Morgan fingerprint density at radius 1 is 1.42 bits per heavy atom. The van der Waals surface area contributed by atoms with Gasteiger partial charge < -0.3 is 14.6 Å². The smallest absolute Gasteiger partial charge is 0.303 e. The average Bonchev–Trinajstić information content (AvgIpc) is 2.58. The van der Waals surface area contributed by atoms with E-state index in [1.165, 1.54) is 0 Å². The molecule has 1 aliphatic rings. The van der Waals surface area contributed by atoms with E-state index in [2.05, 4.69) is 15.9 Å². The topological polar surface area (TPSA) is 55.8 Å². The Hall–Kier alpha value is -1.30. The van der Waals surface area contributed by atoms with Gasteiger partial charge in [0.1, 0.15) is 5.82 Å². The summed E-state index contributed by atoms with van der Waals surface area (Å²) >= 11 is 3.14. The van der Waals surface area contributed by atoms with E-state index in [9.17, 15) is 9.18 Å². The number of aliphatic carboxylic acids is 1. The zero-order valence-electron chi connectivity index (χ0n) is 10.2. The van der Waals surface area contributed by atoms with E-state index in [0.29, 0.717) is 47.6 Å². The molecule has 1 N–H and O–H groups in total. The molecule has 1 aromatic rings. The standard InChI is InChI=1S/C13H14BrFO4/c14-9-7-10-13(19-6-2-5-18-10)8(12(9)15)3-1-4-11(16)17/h7H,1-6H2,(H,16,17). The zero-order chi connectivity index (χ0) is 13.8. The summed E-state index contributed by atoms with van der Waals surface area (Å²) in [6.07, 6.45) is 1.41. The SMILES string of the molecule is O=C(O)CCCc1c(F)c(Br)cc2c1OCCCO2. The van der Waals surface area contributed by atoms with Gasteiger partial charge in [0.25, 0.3) is 0 Å². The van der Waals surface area contributed by atoms with Crippen LogP contribution >= 0.6 is 15.9 Å². The molecule has 19 heavy (non-hydrogen) atoms. The molecule has 1 heterocycles. The van der Waals surface area contributed by atoms with Crippen molar-refractivity contribution in [2.24, 2.45) is 0 Å². The molecule has 0 fully saturated rings. The van der Waals surface area contributed by atoms with Crippen molar-refractivity contribution in [3.63, 3.8) is 0 Å². The summed E-state index contributed by atoms with van der Waals surface area (Å²) < 4.78 is 25.5. The van der Waals surface area contributed by atoms with E-state index in [0.717, 1.165) is 6.42 Å². The second kappa shape index (κ2) is 6.23. The molecule has 0 aromatic heterocycles. The molecule has 0 aliphatic carbocycles. The molecule has 0 unspecified atom stereocenters. The second-order valence-electron chi connectivity index (χ2n) is 4.28. The van der Waals surface area contributed by atoms with Crippen molar-refractivity contribution < 1.29 is 23.8 Å². The van der Waals surface area contributed by atoms with Gasteiger partial charge in [-0.15, -0.1) is 0 Å². The van der Waals surface area contributed by atoms with Crippen LogP contribution in [0.4, 0.5) is 4.39 Å². The van der Waals surface area contributed by atoms with Gasteiger partial charge in [-0.25, -0.2) is 4.39 Å². The van der Waals surface area contributed by atoms with E-state index in [4.69, 9.17) is 14.6 Å². The molecule has 0 spiro atoms. The minimum Gasteiger partial charge on any atom is -0.490 e. The summed E-state index contributed by atoms with van der Waals surface area (Å²) in [4.78, 5) is 10.5. The molecule has 1 aromatic carbocycles. The van der Waals surface area contributed by atoms with Gasteiger partial charge in [-0.3, -0.25) is 4.79 Å². The normalized spacial score (nSPS) is 14.0. The largest absolute Gasteiger partial charge is 0.490 e. The summed E-state index contributed by atoms with van der Waals surface area (Å²) in [6.45, 7) is 1.000. The molecule has 0 amide bonds. The third-order valence-corrected chi connectivity index (χ3v) is 3.42. The lowest BCUT2D eigenvalue weighted by molar-refractivity contribution is -0.137. The minimum absolute atomic E-state index is 0.00157. The number of fused-ring (bicyclic) bond motifs is 1. The van der Waals surface area contributed by atoms with Gasteiger partial charge in [0, 0.05) is 24.5 Å². The Morgan fingerprint density at radius 2 is 2.16 bits per heavy atom. The van der Waals surface area contributed by atoms with Crippen LogP contribution in [-0.4, -0.2) is 24.3 Å². The summed E-state index contributed by atoms with van der Waals surface area (Å²) in [5, 5.41) is 8.64. The quantitative estimate of drug-likeness (QED) is 0.920. The minimum atomic E-state index is -0.890. The molecule has 0 saturated heterocycles. The van der Waals surface area contributed by atoms with Gasteiger partial charge in [-0.1, -0.05) is 0 Å². The third-order valence-electron chi connectivity index (χ3n) is 2.84. The number of hydrogen-bond acceptors (Lipinski definition) is 3. The van der Waals surface area contributed by atoms with Crippen LogP contribution in [0, 0.1) is 5.82 Å². The van der Waals surface area contributed by atoms with E-state index in [1.807, 2.05) is 0 Å². The van der Waals surface area contributed by atoms with Crippen molar-refractivity contribution in [2.75, 3.05) is 13.2 Å². The Bertz CT molecular complexity index is 490. The Kier molecular flexibility index (Phi) is 4.63. The lowest BCUT2D eigenvalue weighted by atomic mass is 10.1. The van der Waals surface area contributed by atoms with E-state index in [-0.39, 0.29) is 6.42 Å². The zero-order valence-corrected chi connectivity index (χ0v) is 11.8. The summed E-state index contributed by atoms with van der Waals surface area (Å²) in [6, 6.07) is 1.55. The molecular formula is C13H14BrFO4. The number of carboxylic acids is 1. The van der Waals surface area contributed by atoms with Gasteiger partial charge in [0.05, 0.1) is 17.7 Å². The number of benzene rings is 1. The predicted octanol–water partition coefficient (Wildman–Crippen LogP) is 3.16. The Balaban J connectivity index is 2.28. The summed E-state index contributed by atoms with van der Waals surface area (Å²) in [5.74, 6) is -0.381. The molecule has 6 heteroatoms. The van der Waals surface area contributed by atoms with Crippen molar-refractivity contribution in [3.05, 3.63) is 21.9 Å². The van der Waals surface area contributed by atoms with Crippen LogP contribution in [0.3, 0.4) is 0 Å². The molecule has 4 nitrogen and oxygen atoms in total. The maximum absolute atomic E-state index is 14.1. The monoisotopic (exact) mass is 332 g/mol. The Labute approximate surface area is 118 Å². The fourth-order valence-corrected chi connectivity index (χ4v) is 2.40. The number of carbonyl (C=O) groups is 1. The molecule has 0 atom stereocenters. The maximum atomic E-state index is 14.1. The van der Waals surface area contributed by atoms with Gasteiger partial charge in [0.2, 0.25) is 0 Å². The second-order valence-corrected chi connectivity index (χ2v) is 5.13. The van der Waals surface area contributed by atoms with Crippen molar-refractivity contribution in [1.82, 2.24) is 0 Å². The van der Waals surface area contributed by atoms with Crippen molar-refractivity contribution >= 4 is 21.9 Å². The maximum Gasteiger partial charge on any atom is 0.303 e.